The van der Waals surface area contributed by atoms with Crippen LogP contribution < -0.4 is 8.92 Å². The molecule has 0 aliphatic rings. The Labute approximate surface area is 124 Å². The average Bonchev–Trinajstić information content (AvgIpc) is 2.43. The second-order valence-electron chi connectivity index (χ2n) is 4.20. The monoisotopic (exact) mass is 336 g/mol. The van der Waals surface area contributed by atoms with Gasteiger partial charge in [-0.25, -0.2) is 0 Å². The topological polar surface area (TPSA) is 61.8 Å². The predicted octanol–water partition coefficient (Wildman–Crippen LogP) is 3.05. The molecule has 0 amide bonds. The quantitative estimate of drug-likeness (QED) is 0.477. The van der Waals surface area contributed by atoms with Crippen molar-refractivity contribution in [3.05, 3.63) is 36.4 Å². The molecular weight excluding hydrogens is 325 g/mol. The Morgan fingerprint density at radius 2 is 1.59 bits per heavy atom. The molecule has 0 N–H and O–H groups in total. The van der Waals surface area contributed by atoms with Crippen LogP contribution in [0.25, 0.3) is 10.8 Å². The largest absolute Gasteiger partial charge is 0.534 e. The fraction of sp³-hybridized carbons (Fsp3) is 0.231. The van der Waals surface area contributed by atoms with E-state index in [0.717, 1.165) is 6.07 Å². The molecule has 2 aromatic carbocycles. The van der Waals surface area contributed by atoms with E-state index >= 15 is 0 Å². The van der Waals surface area contributed by atoms with E-state index in [0.29, 0.717) is 16.5 Å². The van der Waals surface area contributed by atoms with E-state index in [-0.39, 0.29) is 6.79 Å². The van der Waals surface area contributed by atoms with E-state index in [1.54, 1.807) is 12.1 Å². The van der Waals surface area contributed by atoms with Crippen LogP contribution in [0.1, 0.15) is 0 Å². The van der Waals surface area contributed by atoms with Crippen molar-refractivity contribution in [3.63, 3.8) is 0 Å². The molecule has 5 nitrogen and oxygen atoms in total. The fourth-order valence-corrected chi connectivity index (χ4v) is 2.10. The van der Waals surface area contributed by atoms with Crippen molar-refractivity contribution in [3.8, 4) is 11.5 Å². The summed E-state index contributed by atoms with van der Waals surface area (Å²) in [6.07, 6.45) is 0. The van der Waals surface area contributed by atoms with Crippen LogP contribution in [0.3, 0.4) is 0 Å². The van der Waals surface area contributed by atoms with E-state index in [2.05, 4.69) is 4.18 Å². The lowest BCUT2D eigenvalue weighted by atomic mass is 10.1. The van der Waals surface area contributed by atoms with E-state index in [1.807, 2.05) is 0 Å². The Balaban J connectivity index is 2.33. The van der Waals surface area contributed by atoms with Crippen molar-refractivity contribution in [2.24, 2.45) is 0 Å². The summed E-state index contributed by atoms with van der Waals surface area (Å²) in [6.45, 7) is 0.00412. The minimum atomic E-state index is -5.69. The first kappa shape index (κ1) is 16.4. The number of fused-ring (bicyclic) bond motifs is 1. The fourth-order valence-electron chi connectivity index (χ4n) is 1.65. The molecule has 0 radical (unpaired) electrons. The molecule has 0 bridgehead atoms. The van der Waals surface area contributed by atoms with Crippen molar-refractivity contribution in [1.29, 1.82) is 0 Å². The summed E-state index contributed by atoms with van der Waals surface area (Å²) in [6, 6.07) is 8.61. The Kier molecular flexibility index (Phi) is 4.47. The van der Waals surface area contributed by atoms with Crippen molar-refractivity contribution in [2.75, 3.05) is 13.9 Å². The summed E-state index contributed by atoms with van der Waals surface area (Å²) >= 11 is 0. The summed E-state index contributed by atoms with van der Waals surface area (Å²) in [7, 11) is -4.26. The van der Waals surface area contributed by atoms with Crippen LogP contribution in [-0.4, -0.2) is 27.8 Å². The van der Waals surface area contributed by atoms with Crippen LogP contribution in [0.5, 0.6) is 11.5 Å². The zero-order valence-electron chi connectivity index (χ0n) is 11.3. The molecule has 0 aliphatic carbocycles. The van der Waals surface area contributed by atoms with Crippen LogP contribution in [0.2, 0.25) is 0 Å². The van der Waals surface area contributed by atoms with E-state index in [9.17, 15) is 21.6 Å². The van der Waals surface area contributed by atoms with Gasteiger partial charge in [-0.05, 0) is 35.0 Å². The van der Waals surface area contributed by atoms with Gasteiger partial charge in [0, 0.05) is 7.11 Å². The standard InChI is InChI=1S/C13H11F3O5S/c1-19-8-20-11-4-2-9-3-5-12(7-10(9)6-11)21-22(17,18)13(14,15)16/h2-7H,8H2,1H3. The molecular formula is C13H11F3O5S. The van der Waals surface area contributed by atoms with E-state index in [1.165, 1.54) is 25.3 Å². The van der Waals surface area contributed by atoms with E-state index < -0.39 is 21.4 Å². The van der Waals surface area contributed by atoms with Gasteiger partial charge in [0.1, 0.15) is 11.5 Å². The Morgan fingerprint density at radius 1 is 1.00 bits per heavy atom. The van der Waals surface area contributed by atoms with Gasteiger partial charge in [-0.3, -0.25) is 0 Å². The first-order chi connectivity index (χ1) is 10.2. The number of ether oxygens (including phenoxy) is 2. The molecule has 0 fully saturated rings. The predicted molar refractivity (Wildman–Crippen MR) is 72.1 cm³/mol. The van der Waals surface area contributed by atoms with Gasteiger partial charge in [0.25, 0.3) is 0 Å². The van der Waals surface area contributed by atoms with E-state index in [4.69, 9.17) is 9.47 Å². The molecule has 0 spiro atoms. The highest BCUT2D eigenvalue weighted by Gasteiger charge is 2.48. The van der Waals surface area contributed by atoms with Gasteiger partial charge in [-0.2, -0.15) is 21.6 Å². The lowest BCUT2D eigenvalue weighted by molar-refractivity contribution is -0.0500. The maximum atomic E-state index is 12.3. The molecule has 22 heavy (non-hydrogen) atoms. The van der Waals surface area contributed by atoms with Crippen LogP contribution in [0.4, 0.5) is 13.2 Å². The molecule has 2 rings (SSSR count). The first-order valence-electron chi connectivity index (χ1n) is 5.89. The summed E-state index contributed by atoms with van der Waals surface area (Å²) in [4.78, 5) is 0. The molecule has 0 atom stereocenters. The van der Waals surface area contributed by atoms with Gasteiger partial charge < -0.3 is 13.7 Å². The number of halogens is 3. The smallest absolute Gasteiger partial charge is 0.468 e. The number of benzene rings is 2. The zero-order valence-corrected chi connectivity index (χ0v) is 12.1. The van der Waals surface area contributed by atoms with Crippen LogP contribution >= 0.6 is 0 Å². The third-order valence-corrected chi connectivity index (χ3v) is 3.59. The zero-order chi connectivity index (χ0) is 16.4. The van der Waals surface area contributed by atoms with Crippen molar-refractivity contribution < 1.29 is 35.2 Å². The Hall–Kier alpha value is -2.00. The third kappa shape index (κ3) is 3.60. The molecule has 120 valence electrons. The number of hydrogen-bond acceptors (Lipinski definition) is 5. The maximum Gasteiger partial charge on any atom is 0.534 e. The number of hydrogen-bond donors (Lipinski definition) is 0. The van der Waals surface area contributed by atoms with Crippen molar-refractivity contribution in [1.82, 2.24) is 0 Å². The van der Waals surface area contributed by atoms with Gasteiger partial charge in [0.2, 0.25) is 0 Å². The van der Waals surface area contributed by atoms with Gasteiger partial charge in [-0.1, -0.05) is 12.1 Å². The van der Waals surface area contributed by atoms with Gasteiger partial charge in [-0.15, -0.1) is 0 Å². The lowest BCUT2D eigenvalue weighted by Gasteiger charge is -2.10. The number of rotatable bonds is 5. The lowest BCUT2D eigenvalue weighted by Crippen LogP contribution is -2.28. The van der Waals surface area contributed by atoms with Gasteiger partial charge in [0.05, 0.1) is 0 Å². The Bertz CT molecular complexity index is 771. The minimum absolute atomic E-state index is 0.00412. The molecule has 9 heteroatoms. The normalized spacial score (nSPS) is 12.4. The third-order valence-electron chi connectivity index (χ3n) is 2.62. The van der Waals surface area contributed by atoms with Crippen LogP contribution in [-0.2, 0) is 14.9 Å². The highest BCUT2D eigenvalue weighted by molar-refractivity contribution is 7.88. The van der Waals surface area contributed by atoms with Gasteiger partial charge in [0.15, 0.2) is 6.79 Å². The number of methoxy groups -OCH3 is 1. The van der Waals surface area contributed by atoms with Crippen molar-refractivity contribution in [2.45, 2.75) is 5.51 Å². The molecule has 2 aromatic rings. The second kappa shape index (κ2) is 6.01. The second-order valence-corrected chi connectivity index (χ2v) is 5.74. The molecule has 0 aromatic heterocycles. The molecule has 0 saturated heterocycles. The highest BCUT2D eigenvalue weighted by Crippen LogP contribution is 2.30. The summed E-state index contributed by atoms with van der Waals surface area (Å²) < 4.78 is 72.8. The minimum Gasteiger partial charge on any atom is -0.468 e. The SMILES string of the molecule is COCOc1ccc2ccc(OS(=O)(=O)C(F)(F)F)cc2c1. The highest BCUT2D eigenvalue weighted by atomic mass is 32.2. The van der Waals surface area contributed by atoms with Gasteiger partial charge >= 0.3 is 15.6 Å². The summed E-state index contributed by atoms with van der Waals surface area (Å²) in [5, 5.41) is 1.14. The number of alkyl halides is 3. The van der Waals surface area contributed by atoms with Crippen LogP contribution in [0.15, 0.2) is 36.4 Å². The van der Waals surface area contributed by atoms with Crippen LogP contribution in [0, 0.1) is 0 Å². The maximum absolute atomic E-state index is 12.3. The molecule has 0 unspecified atom stereocenters. The molecule has 0 saturated carbocycles. The average molecular weight is 336 g/mol. The summed E-state index contributed by atoms with van der Waals surface area (Å²) in [5.74, 6) is -0.0149. The Morgan fingerprint density at radius 3 is 2.18 bits per heavy atom. The summed E-state index contributed by atoms with van der Waals surface area (Å²) in [5.41, 5.74) is -5.48. The molecule has 0 heterocycles. The molecule has 0 aliphatic heterocycles. The van der Waals surface area contributed by atoms with Crippen molar-refractivity contribution >= 4 is 20.9 Å². The first-order valence-corrected chi connectivity index (χ1v) is 7.30.